The fraction of sp³-hybridized carbons (Fsp3) is 0.333. The summed E-state index contributed by atoms with van der Waals surface area (Å²) in [6.45, 7) is 4.33. The molecule has 0 fully saturated rings. The van der Waals surface area contributed by atoms with Gasteiger partial charge in [-0.05, 0) is 17.5 Å². The van der Waals surface area contributed by atoms with Crippen LogP contribution in [0.2, 0.25) is 0 Å². The largest absolute Gasteiger partial charge is 0.240 e. The van der Waals surface area contributed by atoms with Crippen molar-refractivity contribution >= 4 is 21.6 Å². The lowest BCUT2D eigenvalue weighted by Gasteiger charge is -2.04. The molecule has 1 aromatic heterocycles. The van der Waals surface area contributed by atoms with Crippen LogP contribution in [0, 0.1) is 11.3 Å². The topological polar surface area (TPSA) is 36.7 Å². The average Bonchev–Trinajstić information content (AvgIpc) is 2.59. The summed E-state index contributed by atoms with van der Waals surface area (Å²) in [5, 5.41) is 9.56. The minimum Gasteiger partial charge on any atom is -0.240 e. The molecule has 76 valence electrons. The molecule has 0 saturated heterocycles. The first-order valence-electron chi connectivity index (χ1n) is 4.97. The molecular formula is C12H12N2S. The minimum absolute atomic E-state index is 0.414. The summed E-state index contributed by atoms with van der Waals surface area (Å²) in [5.74, 6) is 0.478. The number of nitrogens with zero attached hydrogens (tertiary/aromatic N) is 2. The molecule has 2 nitrogen and oxygen atoms in total. The molecule has 0 aliphatic rings. The van der Waals surface area contributed by atoms with Gasteiger partial charge in [-0.25, -0.2) is 4.98 Å². The van der Waals surface area contributed by atoms with Gasteiger partial charge in [-0.2, -0.15) is 5.26 Å². The lowest BCUT2D eigenvalue weighted by Crippen LogP contribution is -1.88. The van der Waals surface area contributed by atoms with Gasteiger partial charge in [0.25, 0.3) is 0 Å². The third-order valence-corrected chi connectivity index (χ3v) is 3.37. The van der Waals surface area contributed by atoms with Crippen molar-refractivity contribution in [3.05, 3.63) is 28.8 Å². The van der Waals surface area contributed by atoms with E-state index in [9.17, 15) is 0 Å². The monoisotopic (exact) mass is 216 g/mol. The molecule has 0 bridgehead atoms. The van der Waals surface area contributed by atoms with Crippen LogP contribution < -0.4 is 0 Å². The SMILES string of the molecule is CC(C)c1cccc2sc(CC#N)nc12. The number of fused-ring (bicyclic) bond motifs is 1. The Kier molecular flexibility index (Phi) is 2.70. The van der Waals surface area contributed by atoms with Crippen LogP contribution in [-0.2, 0) is 6.42 Å². The van der Waals surface area contributed by atoms with Crippen LogP contribution in [0.15, 0.2) is 18.2 Å². The van der Waals surface area contributed by atoms with Gasteiger partial charge in [-0.3, -0.25) is 0 Å². The summed E-state index contributed by atoms with van der Waals surface area (Å²) in [6, 6.07) is 8.39. The lowest BCUT2D eigenvalue weighted by molar-refractivity contribution is 0.873. The predicted octanol–water partition coefficient (Wildman–Crippen LogP) is 3.49. The Balaban J connectivity index is 2.60. The Morgan fingerprint density at radius 1 is 1.47 bits per heavy atom. The molecule has 3 heteroatoms. The summed E-state index contributed by atoms with van der Waals surface area (Å²) in [7, 11) is 0. The summed E-state index contributed by atoms with van der Waals surface area (Å²) in [4.78, 5) is 4.52. The third kappa shape index (κ3) is 1.86. The van der Waals surface area contributed by atoms with Crippen molar-refractivity contribution in [3.8, 4) is 6.07 Å². The molecule has 15 heavy (non-hydrogen) atoms. The first-order valence-corrected chi connectivity index (χ1v) is 5.79. The molecule has 0 amide bonds. The maximum Gasteiger partial charge on any atom is 0.108 e. The smallest absolute Gasteiger partial charge is 0.108 e. The molecule has 2 aromatic rings. The van der Waals surface area contributed by atoms with Gasteiger partial charge in [0.1, 0.15) is 5.01 Å². The van der Waals surface area contributed by atoms with Gasteiger partial charge in [0, 0.05) is 0 Å². The van der Waals surface area contributed by atoms with Crippen molar-refractivity contribution in [1.29, 1.82) is 5.26 Å². The molecule has 1 aromatic carbocycles. The van der Waals surface area contributed by atoms with Crippen LogP contribution in [0.5, 0.6) is 0 Å². The average molecular weight is 216 g/mol. The van der Waals surface area contributed by atoms with Gasteiger partial charge in [0.05, 0.1) is 22.7 Å². The summed E-state index contributed by atoms with van der Waals surface area (Å²) in [5.41, 5.74) is 2.34. The lowest BCUT2D eigenvalue weighted by atomic mass is 10.0. The number of hydrogen-bond acceptors (Lipinski definition) is 3. The second kappa shape index (κ2) is 4.00. The normalized spacial score (nSPS) is 10.8. The quantitative estimate of drug-likeness (QED) is 0.770. The molecule has 0 spiro atoms. The highest BCUT2D eigenvalue weighted by Crippen LogP contribution is 2.29. The molecule has 0 aliphatic heterocycles. The standard InChI is InChI=1S/C12H12N2S/c1-8(2)9-4-3-5-10-12(9)14-11(15-10)6-7-13/h3-5,8H,6H2,1-2H3. The first kappa shape index (κ1) is 10.1. The highest BCUT2D eigenvalue weighted by molar-refractivity contribution is 7.18. The van der Waals surface area contributed by atoms with Crippen molar-refractivity contribution in [1.82, 2.24) is 4.98 Å². The van der Waals surface area contributed by atoms with E-state index in [1.807, 2.05) is 0 Å². The molecule has 2 rings (SSSR count). The molecule has 1 heterocycles. The fourth-order valence-corrected chi connectivity index (χ4v) is 2.56. The van der Waals surface area contributed by atoms with Crippen LogP contribution in [0.1, 0.15) is 30.3 Å². The molecule has 0 aliphatic carbocycles. The van der Waals surface area contributed by atoms with Crippen molar-refractivity contribution < 1.29 is 0 Å². The third-order valence-electron chi connectivity index (χ3n) is 2.35. The summed E-state index contributed by atoms with van der Waals surface area (Å²) >= 11 is 1.62. The zero-order valence-electron chi connectivity index (χ0n) is 8.82. The zero-order chi connectivity index (χ0) is 10.8. The van der Waals surface area contributed by atoms with E-state index in [4.69, 9.17) is 5.26 Å². The van der Waals surface area contributed by atoms with E-state index >= 15 is 0 Å². The Morgan fingerprint density at radius 2 is 2.27 bits per heavy atom. The summed E-state index contributed by atoms with van der Waals surface area (Å²) < 4.78 is 1.19. The second-order valence-electron chi connectivity index (χ2n) is 3.79. The van der Waals surface area contributed by atoms with Gasteiger partial charge < -0.3 is 0 Å². The number of hydrogen-bond donors (Lipinski definition) is 0. The van der Waals surface area contributed by atoms with E-state index in [0.717, 1.165) is 10.5 Å². The Morgan fingerprint density at radius 3 is 2.93 bits per heavy atom. The van der Waals surface area contributed by atoms with Crippen LogP contribution in [0.4, 0.5) is 0 Å². The summed E-state index contributed by atoms with van der Waals surface area (Å²) in [6.07, 6.45) is 0.414. The number of aromatic nitrogens is 1. The molecule has 0 radical (unpaired) electrons. The van der Waals surface area contributed by atoms with Gasteiger partial charge in [-0.15, -0.1) is 11.3 Å². The van der Waals surface area contributed by atoms with E-state index in [0.29, 0.717) is 12.3 Å². The predicted molar refractivity (Wildman–Crippen MR) is 63.0 cm³/mol. The second-order valence-corrected chi connectivity index (χ2v) is 4.91. The van der Waals surface area contributed by atoms with E-state index < -0.39 is 0 Å². The van der Waals surface area contributed by atoms with Crippen LogP contribution >= 0.6 is 11.3 Å². The van der Waals surface area contributed by atoms with E-state index in [1.54, 1.807) is 11.3 Å². The number of benzene rings is 1. The van der Waals surface area contributed by atoms with Gasteiger partial charge in [-0.1, -0.05) is 26.0 Å². The van der Waals surface area contributed by atoms with Crippen molar-refractivity contribution in [3.63, 3.8) is 0 Å². The maximum absolute atomic E-state index is 8.64. The van der Waals surface area contributed by atoms with Crippen LogP contribution in [-0.4, -0.2) is 4.98 Å². The van der Waals surface area contributed by atoms with Crippen LogP contribution in [0.25, 0.3) is 10.2 Å². The maximum atomic E-state index is 8.64. The first-order chi connectivity index (χ1) is 7.22. The Hall–Kier alpha value is -1.40. The number of para-hydroxylation sites is 1. The molecule has 0 atom stereocenters. The number of nitriles is 1. The van der Waals surface area contributed by atoms with Crippen molar-refractivity contribution in [2.75, 3.05) is 0 Å². The van der Waals surface area contributed by atoms with Crippen LogP contribution in [0.3, 0.4) is 0 Å². The fourth-order valence-electron chi connectivity index (χ4n) is 1.62. The van der Waals surface area contributed by atoms with Crippen molar-refractivity contribution in [2.45, 2.75) is 26.2 Å². The zero-order valence-corrected chi connectivity index (χ0v) is 9.64. The Labute approximate surface area is 93.2 Å². The molecular weight excluding hydrogens is 204 g/mol. The number of thiazole rings is 1. The molecule has 0 saturated carbocycles. The molecule has 0 N–H and O–H groups in total. The Bertz CT molecular complexity index is 520. The van der Waals surface area contributed by atoms with E-state index in [2.05, 4.69) is 43.1 Å². The minimum atomic E-state index is 0.414. The highest BCUT2D eigenvalue weighted by atomic mass is 32.1. The van der Waals surface area contributed by atoms with E-state index in [1.165, 1.54) is 10.3 Å². The van der Waals surface area contributed by atoms with Crippen molar-refractivity contribution in [2.24, 2.45) is 0 Å². The highest BCUT2D eigenvalue weighted by Gasteiger charge is 2.09. The number of rotatable bonds is 2. The van der Waals surface area contributed by atoms with Gasteiger partial charge in [0.2, 0.25) is 0 Å². The molecule has 0 unspecified atom stereocenters. The van der Waals surface area contributed by atoms with Gasteiger partial charge in [0.15, 0.2) is 0 Å². The van der Waals surface area contributed by atoms with E-state index in [-0.39, 0.29) is 0 Å². The van der Waals surface area contributed by atoms with Gasteiger partial charge >= 0.3 is 0 Å².